The molecule has 0 saturated heterocycles. The number of hydrogen-bond acceptors (Lipinski definition) is 1. The van der Waals surface area contributed by atoms with E-state index in [0.29, 0.717) is 6.54 Å². The van der Waals surface area contributed by atoms with Crippen LogP contribution in [0.3, 0.4) is 0 Å². The highest BCUT2D eigenvalue weighted by molar-refractivity contribution is 5.85. The molecule has 0 amide bonds. The van der Waals surface area contributed by atoms with Crippen molar-refractivity contribution in [2.45, 2.75) is 32.6 Å². The van der Waals surface area contributed by atoms with Gasteiger partial charge in [0.25, 0.3) is 0 Å². The number of nitrogens with two attached hydrogens (primary N) is 1. The normalized spacial score (nSPS) is 12.5. The summed E-state index contributed by atoms with van der Waals surface area (Å²) in [7, 11) is 0. The molecule has 0 bridgehead atoms. The Morgan fingerprint density at radius 2 is 2.06 bits per heavy atom. The zero-order valence-electron chi connectivity index (χ0n) is 10.3. The second kappa shape index (κ2) is 6.67. The lowest BCUT2D eigenvalue weighted by Crippen LogP contribution is -1.99. The van der Waals surface area contributed by atoms with Gasteiger partial charge in [-0.3, -0.25) is 5.32 Å². The van der Waals surface area contributed by atoms with Gasteiger partial charge in [0, 0.05) is 11.8 Å². The van der Waals surface area contributed by atoms with Crippen LogP contribution in [-0.4, -0.2) is 6.54 Å². The predicted molar refractivity (Wildman–Crippen MR) is 75.7 cm³/mol. The molecule has 0 unspecified atom stereocenters. The summed E-state index contributed by atoms with van der Waals surface area (Å²) in [6, 6.07) is 6.60. The van der Waals surface area contributed by atoms with Crippen molar-refractivity contribution in [2.24, 2.45) is 5.73 Å². The lowest BCUT2D eigenvalue weighted by molar-refractivity contribution is 0.795. The third-order valence-corrected chi connectivity index (χ3v) is 3.00. The molecule has 1 heterocycles. The number of fused-ring (bicyclic) bond motifs is 1. The number of unbranched alkanes of at least 4 members (excludes halogenated alkanes) is 1. The van der Waals surface area contributed by atoms with Crippen LogP contribution in [0.5, 0.6) is 0 Å². The van der Waals surface area contributed by atoms with E-state index in [2.05, 4.69) is 30.4 Å². The maximum atomic E-state index is 5.60. The predicted octanol–water partition coefficient (Wildman–Crippen LogP) is 3.39. The minimum absolute atomic E-state index is 0. The Labute approximate surface area is 110 Å². The molecule has 1 aliphatic heterocycles. The standard InChI is InChI=1S/C14H19N2.ClH/c1-2-3-4-11-5-6-14-13(9-11)12(7-8-15)10-16-14;/h5-6,9-10H,2-4,7-8,15H2,1H3;1H. The number of halogens is 1. The first-order chi connectivity index (χ1) is 7.85. The molecule has 3 heteroatoms. The average Bonchev–Trinajstić information content (AvgIpc) is 2.70. The van der Waals surface area contributed by atoms with Gasteiger partial charge in [-0.15, -0.1) is 12.4 Å². The summed E-state index contributed by atoms with van der Waals surface area (Å²) in [6.07, 6.45) is 6.55. The molecule has 2 N–H and O–H groups in total. The quantitative estimate of drug-likeness (QED) is 0.856. The van der Waals surface area contributed by atoms with Gasteiger partial charge in [0.1, 0.15) is 0 Å². The lowest BCUT2D eigenvalue weighted by atomic mass is 9.99. The SMILES string of the molecule is CCCCc1ccc2c(c1)C(CCN)=C[N]2.Cl. The van der Waals surface area contributed by atoms with E-state index in [9.17, 15) is 0 Å². The molecular weight excluding hydrogens is 232 g/mol. The van der Waals surface area contributed by atoms with Crippen molar-refractivity contribution < 1.29 is 0 Å². The van der Waals surface area contributed by atoms with Crippen molar-refractivity contribution in [3.63, 3.8) is 0 Å². The van der Waals surface area contributed by atoms with E-state index in [1.807, 2.05) is 6.20 Å². The number of aryl methyl sites for hydroxylation is 1. The zero-order chi connectivity index (χ0) is 11.4. The van der Waals surface area contributed by atoms with Crippen molar-refractivity contribution in [2.75, 3.05) is 6.54 Å². The molecule has 1 aliphatic rings. The fourth-order valence-electron chi connectivity index (χ4n) is 2.06. The van der Waals surface area contributed by atoms with Crippen LogP contribution in [-0.2, 0) is 6.42 Å². The molecule has 1 aromatic rings. The van der Waals surface area contributed by atoms with Crippen molar-refractivity contribution in [3.8, 4) is 0 Å². The molecule has 93 valence electrons. The van der Waals surface area contributed by atoms with E-state index < -0.39 is 0 Å². The minimum Gasteiger partial charge on any atom is -0.330 e. The molecule has 17 heavy (non-hydrogen) atoms. The summed E-state index contributed by atoms with van der Waals surface area (Å²) in [6.45, 7) is 2.92. The molecule has 0 saturated carbocycles. The van der Waals surface area contributed by atoms with E-state index in [-0.39, 0.29) is 12.4 Å². The molecule has 0 fully saturated rings. The Hall–Kier alpha value is -0.990. The van der Waals surface area contributed by atoms with E-state index >= 15 is 0 Å². The van der Waals surface area contributed by atoms with Gasteiger partial charge >= 0.3 is 0 Å². The monoisotopic (exact) mass is 251 g/mol. The number of rotatable bonds is 5. The van der Waals surface area contributed by atoms with Crippen molar-refractivity contribution >= 4 is 23.7 Å². The van der Waals surface area contributed by atoms with Gasteiger partial charge < -0.3 is 5.73 Å². The second-order valence-corrected chi connectivity index (χ2v) is 4.28. The molecule has 2 rings (SSSR count). The first-order valence-corrected chi connectivity index (χ1v) is 6.08. The molecule has 0 aliphatic carbocycles. The fourth-order valence-corrected chi connectivity index (χ4v) is 2.06. The van der Waals surface area contributed by atoms with Crippen molar-refractivity contribution in [1.29, 1.82) is 0 Å². The van der Waals surface area contributed by atoms with Crippen molar-refractivity contribution in [3.05, 3.63) is 35.5 Å². The van der Waals surface area contributed by atoms with Gasteiger partial charge in [-0.2, -0.15) is 0 Å². The molecule has 1 radical (unpaired) electrons. The Morgan fingerprint density at radius 3 is 2.76 bits per heavy atom. The Kier molecular flexibility index (Phi) is 5.52. The summed E-state index contributed by atoms with van der Waals surface area (Å²) >= 11 is 0. The zero-order valence-corrected chi connectivity index (χ0v) is 11.1. The highest BCUT2D eigenvalue weighted by atomic mass is 35.5. The number of hydrogen-bond donors (Lipinski definition) is 1. The summed E-state index contributed by atoms with van der Waals surface area (Å²) in [4.78, 5) is 0. The topological polar surface area (TPSA) is 40.1 Å². The van der Waals surface area contributed by atoms with E-state index in [1.54, 1.807) is 0 Å². The molecule has 0 spiro atoms. The average molecular weight is 252 g/mol. The van der Waals surface area contributed by atoms with Crippen LogP contribution in [0.4, 0.5) is 5.69 Å². The van der Waals surface area contributed by atoms with Crippen LogP contribution in [0.2, 0.25) is 0 Å². The molecule has 1 aromatic carbocycles. The van der Waals surface area contributed by atoms with Gasteiger partial charge in [-0.25, -0.2) is 0 Å². The summed E-state index contributed by atoms with van der Waals surface area (Å²) in [5.41, 5.74) is 10.7. The van der Waals surface area contributed by atoms with Gasteiger partial charge in [-0.05, 0) is 49.1 Å². The smallest absolute Gasteiger partial charge is 0.0705 e. The fraction of sp³-hybridized carbons (Fsp3) is 0.429. The van der Waals surface area contributed by atoms with Gasteiger partial charge in [0.15, 0.2) is 0 Å². The van der Waals surface area contributed by atoms with Crippen LogP contribution in [0.1, 0.15) is 37.3 Å². The lowest BCUT2D eigenvalue weighted by Gasteiger charge is -2.06. The van der Waals surface area contributed by atoms with Crippen LogP contribution >= 0.6 is 12.4 Å². The van der Waals surface area contributed by atoms with Crippen LogP contribution < -0.4 is 11.1 Å². The van der Waals surface area contributed by atoms with Crippen molar-refractivity contribution in [1.82, 2.24) is 5.32 Å². The maximum Gasteiger partial charge on any atom is 0.0705 e. The Morgan fingerprint density at radius 1 is 1.24 bits per heavy atom. The van der Waals surface area contributed by atoms with E-state index in [0.717, 1.165) is 12.1 Å². The molecule has 0 aromatic heterocycles. The summed E-state index contributed by atoms with van der Waals surface area (Å²) < 4.78 is 0. The summed E-state index contributed by atoms with van der Waals surface area (Å²) in [5, 5.41) is 4.40. The third-order valence-electron chi connectivity index (χ3n) is 3.00. The highest BCUT2D eigenvalue weighted by Crippen LogP contribution is 2.32. The second-order valence-electron chi connectivity index (χ2n) is 4.28. The number of benzene rings is 1. The number of nitrogens with zero attached hydrogens (tertiary/aromatic N) is 1. The molecule has 2 nitrogen and oxygen atoms in total. The highest BCUT2D eigenvalue weighted by Gasteiger charge is 2.14. The summed E-state index contributed by atoms with van der Waals surface area (Å²) in [5.74, 6) is 0. The maximum absolute atomic E-state index is 5.60. The van der Waals surface area contributed by atoms with Gasteiger partial charge in [-0.1, -0.05) is 19.4 Å². The third kappa shape index (κ3) is 3.24. The first kappa shape index (κ1) is 14.1. The van der Waals surface area contributed by atoms with Gasteiger partial charge in [0.2, 0.25) is 0 Å². The van der Waals surface area contributed by atoms with E-state index in [1.165, 1.54) is 36.0 Å². The van der Waals surface area contributed by atoms with E-state index in [4.69, 9.17) is 5.73 Å². The van der Waals surface area contributed by atoms with Crippen LogP contribution in [0.15, 0.2) is 24.4 Å². The Balaban J connectivity index is 0.00000144. The van der Waals surface area contributed by atoms with Gasteiger partial charge in [0.05, 0.1) is 5.69 Å². The first-order valence-electron chi connectivity index (χ1n) is 6.08. The Bertz CT molecular complexity index is 399. The minimum atomic E-state index is 0. The van der Waals surface area contributed by atoms with Crippen LogP contribution in [0.25, 0.3) is 5.57 Å². The molecule has 0 atom stereocenters. The molecular formula is C14H20ClN2. The largest absolute Gasteiger partial charge is 0.330 e. The van der Waals surface area contributed by atoms with Crippen LogP contribution in [0, 0.1) is 0 Å².